The number of carbonyl (C=O) groups excluding carboxylic acids is 1. The molecule has 1 atom stereocenters. The summed E-state index contributed by atoms with van der Waals surface area (Å²) in [6.45, 7) is 1.86. The topological polar surface area (TPSA) is 66.4 Å². The summed E-state index contributed by atoms with van der Waals surface area (Å²) in [6.07, 6.45) is 2.45. The average Bonchev–Trinajstić information content (AvgIpc) is 2.37. The number of nitrogens with one attached hydrogen (secondary N) is 1. The molecule has 1 amide bonds. The monoisotopic (exact) mass is 267 g/mol. The maximum absolute atomic E-state index is 12.1. The molecule has 0 aliphatic carbocycles. The molecule has 0 aliphatic heterocycles. The standard InChI is InChI=1S/C13H17NO3S/c1-3-9(8-12(15)16)14-13(17)10-6-4-5-7-11(10)18-2/h4-7,9H,3,8H2,1-2H3,(H,14,17)(H,15,16). The predicted octanol–water partition coefficient (Wildman–Crippen LogP) is 2.39. The Hall–Kier alpha value is -1.49. The Labute approximate surface area is 111 Å². The van der Waals surface area contributed by atoms with E-state index in [-0.39, 0.29) is 18.4 Å². The van der Waals surface area contributed by atoms with Crippen molar-refractivity contribution in [1.29, 1.82) is 0 Å². The van der Waals surface area contributed by atoms with Crippen LogP contribution in [0.5, 0.6) is 0 Å². The van der Waals surface area contributed by atoms with Crippen LogP contribution in [0.3, 0.4) is 0 Å². The lowest BCUT2D eigenvalue weighted by Gasteiger charge is -2.15. The van der Waals surface area contributed by atoms with Gasteiger partial charge in [0.05, 0.1) is 12.0 Å². The number of benzene rings is 1. The molecule has 98 valence electrons. The Balaban J connectivity index is 2.77. The van der Waals surface area contributed by atoms with Crippen molar-refractivity contribution in [2.75, 3.05) is 6.26 Å². The van der Waals surface area contributed by atoms with Gasteiger partial charge in [-0.3, -0.25) is 9.59 Å². The molecule has 2 N–H and O–H groups in total. The molecule has 18 heavy (non-hydrogen) atoms. The zero-order valence-corrected chi connectivity index (χ0v) is 11.3. The molecule has 1 aromatic rings. The van der Waals surface area contributed by atoms with Gasteiger partial charge in [0.2, 0.25) is 0 Å². The Kier molecular flexibility index (Phi) is 5.71. The molecule has 0 aromatic heterocycles. The summed E-state index contributed by atoms with van der Waals surface area (Å²) in [5.74, 6) is -1.12. The van der Waals surface area contributed by atoms with Gasteiger partial charge in [-0.05, 0) is 24.8 Å². The van der Waals surface area contributed by atoms with Crippen LogP contribution >= 0.6 is 11.8 Å². The Bertz CT molecular complexity index is 434. The fraction of sp³-hybridized carbons (Fsp3) is 0.385. The number of thioether (sulfide) groups is 1. The first-order valence-electron chi connectivity index (χ1n) is 5.74. The van der Waals surface area contributed by atoms with Crippen LogP contribution in [-0.4, -0.2) is 29.3 Å². The highest BCUT2D eigenvalue weighted by molar-refractivity contribution is 7.98. The zero-order valence-electron chi connectivity index (χ0n) is 10.5. The number of amides is 1. The summed E-state index contributed by atoms with van der Waals surface area (Å²) < 4.78 is 0. The van der Waals surface area contributed by atoms with Crippen LogP contribution in [0, 0.1) is 0 Å². The molecular weight excluding hydrogens is 250 g/mol. The van der Waals surface area contributed by atoms with E-state index in [4.69, 9.17) is 5.11 Å². The van der Waals surface area contributed by atoms with Gasteiger partial charge in [-0.15, -0.1) is 11.8 Å². The van der Waals surface area contributed by atoms with E-state index in [9.17, 15) is 9.59 Å². The quantitative estimate of drug-likeness (QED) is 0.777. The van der Waals surface area contributed by atoms with Crippen LogP contribution in [0.2, 0.25) is 0 Å². The first-order valence-corrected chi connectivity index (χ1v) is 6.96. The summed E-state index contributed by atoms with van der Waals surface area (Å²) in [7, 11) is 0. The fourth-order valence-electron chi connectivity index (χ4n) is 1.60. The van der Waals surface area contributed by atoms with Crippen LogP contribution < -0.4 is 5.32 Å². The van der Waals surface area contributed by atoms with E-state index in [1.807, 2.05) is 25.3 Å². The minimum Gasteiger partial charge on any atom is -0.481 e. The molecule has 0 saturated heterocycles. The summed E-state index contributed by atoms with van der Waals surface area (Å²) in [5.41, 5.74) is 0.592. The molecule has 5 heteroatoms. The molecule has 0 spiro atoms. The molecule has 0 saturated carbocycles. The van der Waals surface area contributed by atoms with E-state index >= 15 is 0 Å². The van der Waals surface area contributed by atoms with Gasteiger partial charge in [-0.25, -0.2) is 0 Å². The number of aliphatic carboxylic acids is 1. The van der Waals surface area contributed by atoms with Crippen molar-refractivity contribution in [3.63, 3.8) is 0 Å². The second kappa shape index (κ2) is 7.06. The van der Waals surface area contributed by atoms with E-state index in [0.29, 0.717) is 12.0 Å². The third-order valence-corrected chi connectivity index (χ3v) is 3.40. The Morgan fingerprint density at radius 3 is 2.61 bits per heavy atom. The highest BCUT2D eigenvalue weighted by Gasteiger charge is 2.16. The smallest absolute Gasteiger partial charge is 0.305 e. The molecule has 1 rings (SSSR count). The highest BCUT2D eigenvalue weighted by atomic mass is 32.2. The van der Waals surface area contributed by atoms with Crippen molar-refractivity contribution in [3.05, 3.63) is 29.8 Å². The SMILES string of the molecule is CCC(CC(=O)O)NC(=O)c1ccccc1SC. The molecule has 0 fully saturated rings. The number of carboxylic acids is 1. The van der Waals surface area contributed by atoms with Gasteiger partial charge in [0.25, 0.3) is 5.91 Å². The number of carboxylic acid groups (broad SMARTS) is 1. The van der Waals surface area contributed by atoms with E-state index in [2.05, 4.69) is 5.32 Å². The van der Waals surface area contributed by atoms with Crippen molar-refractivity contribution in [2.45, 2.75) is 30.7 Å². The van der Waals surface area contributed by atoms with Crippen molar-refractivity contribution in [3.8, 4) is 0 Å². The third-order valence-electron chi connectivity index (χ3n) is 2.60. The van der Waals surface area contributed by atoms with E-state index < -0.39 is 5.97 Å². The Morgan fingerprint density at radius 1 is 1.39 bits per heavy atom. The lowest BCUT2D eigenvalue weighted by Crippen LogP contribution is -2.36. The van der Waals surface area contributed by atoms with E-state index in [1.165, 1.54) is 11.8 Å². The normalized spacial score (nSPS) is 11.9. The number of rotatable bonds is 6. The first kappa shape index (κ1) is 14.6. The lowest BCUT2D eigenvalue weighted by molar-refractivity contribution is -0.137. The number of hydrogen-bond donors (Lipinski definition) is 2. The predicted molar refractivity (Wildman–Crippen MR) is 72.0 cm³/mol. The summed E-state index contributed by atoms with van der Waals surface area (Å²) >= 11 is 1.50. The summed E-state index contributed by atoms with van der Waals surface area (Å²) in [6, 6.07) is 6.96. The van der Waals surface area contributed by atoms with Gasteiger partial charge in [0.15, 0.2) is 0 Å². The van der Waals surface area contributed by atoms with Gasteiger partial charge < -0.3 is 10.4 Å². The molecule has 4 nitrogen and oxygen atoms in total. The number of hydrogen-bond acceptors (Lipinski definition) is 3. The molecule has 0 radical (unpaired) electrons. The molecule has 1 aromatic carbocycles. The molecular formula is C13H17NO3S. The second-order valence-corrected chi connectivity index (χ2v) is 4.72. The number of carbonyl (C=O) groups is 2. The highest BCUT2D eigenvalue weighted by Crippen LogP contribution is 2.19. The summed E-state index contributed by atoms with van der Waals surface area (Å²) in [5, 5.41) is 11.5. The zero-order chi connectivity index (χ0) is 13.5. The van der Waals surface area contributed by atoms with Crippen LogP contribution in [-0.2, 0) is 4.79 Å². The first-order chi connectivity index (χ1) is 8.58. The van der Waals surface area contributed by atoms with Gasteiger partial charge in [-0.2, -0.15) is 0 Å². The van der Waals surface area contributed by atoms with Crippen molar-refractivity contribution in [1.82, 2.24) is 5.32 Å². The third kappa shape index (κ3) is 4.07. The van der Waals surface area contributed by atoms with Gasteiger partial charge >= 0.3 is 5.97 Å². The van der Waals surface area contributed by atoms with Crippen LogP contribution in [0.25, 0.3) is 0 Å². The van der Waals surface area contributed by atoms with Gasteiger partial charge in [0, 0.05) is 10.9 Å². The van der Waals surface area contributed by atoms with Crippen molar-refractivity contribution in [2.24, 2.45) is 0 Å². The molecule has 0 heterocycles. The average molecular weight is 267 g/mol. The van der Waals surface area contributed by atoms with Gasteiger partial charge in [0.1, 0.15) is 0 Å². The van der Waals surface area contributed by atoms with Gasteiger partial charge in [-0.1, -0.05) is 19.1 Å². The largest absolute Gasteiger partial charge is 0.481 e. The Morgan fingerprint density at radius 2 is 2.06 bits per heavy atom. The van der Waals surface area contributed by atoms with Crippen LogP contribution in [0.1, 0.15) is 30.1 Å². The molecule has 0 aliphatic rings. The fourth-order valence-corrected chi connectivity index (χ4v) is 2.20. The molecule has 1 unspecified atom stereocenters. The summed E-state index contributed by atoms with van der Waals surface area (Å²) in [4.78, 5) is 23.6. The van der Waals surface area contributed by atoms with Crippen LogP contribution in [0.4, 0.5) is 0 Å². The van der Waals surface area contributed by atoms with Crippen molar-refractivity contribution >= 4 is 23.6 Å². The van der Waals surface area contributed by atoms with E-state index in [0.717, 1.165) is 4.90 Å². The van der Waals surface area contributed by atoms with Crippen molar-refractivity contribution < 1.29 is 14.7 Å². The lowest BCUT2D eigenvalue weighted by atomic mass is 10.1. The maximum Gasteiger partial charge on any atom is 0.305 e. The minimum atomic E-state index is -0.902. The minimum absolute atomic E-state index is 0.0519. The molecule has 0 bridgehead atoms. The van der Waals surface area contributed by atoms with Crippen LogP contribution in [0.15, 0.2) is 29.2 Å². The maximum atomic E-state index is 12.1. The van der Waals surface area contributed by atoms with E-state index in [1.54, 1.807) is 12.1 Å². The second-order valence-electron chi connectivity index (χ2n) is 3.88.